The molecule has 0 fully saturated rings. The van der Waals surface area contributed by atoms with E-state index in [1.54, 1.807) is 7.11 Å². The van der Waals surface area contributed by atoms with Gasteiger partial charge in [0.05, 0.1) is 13.5 Å². The summed E-state index contributed by atoms with van der Waals surface area (Å²) in [6.45, 7) is 3.02. The first kappa shape index (κ1) is 16.8. The number of carbonyl (C=O) groups is 2. The van der Waals surface area contributed by atoms with E-state index in [2.05, 4.69) is 5.32 Å². The number of amides is 2. The molecule has 0 aromatic heterocycles. The number of rotatable bonds is 8. The Morgan fingerprint density at radius 3 is 2.76 bits per heavy atom. The topological polar surface area (TPSA) is 78.9 Å². The minimum atomic E-state index is -0.905. The van der Waals surface area contributed by atoms with Gasteiger partial charge < -0.3 is 20.1 Å². The van der Waals surface area contributed by atoms with E-state index in [0.717, 1.165) is 11.3 Å². The maximum Gasteiger partial charge on any atom is 0.317 e. The van der Waals surface area contributed by atoms with Crippen LogP contribution in [0.4, 0.5) is 4.79 Å². The lowest BCUT2D eigenvalue weighted by molar-refractivity contribution is -0.137. The van der Waals surface area contributed by atoms with Crippen molar-refractivity contribution in [3.05, 3.63) is 29.8 Å². The van der Waals surface area contributed by atoms with Crippen molar-refractivity contribution in [2.24, 2.45) is 0 Å². The van der Waals surface area contributed by atoms with Gasteiger partial charge in [0.2, 0.25) is 0 Å². The third-order valence-electron chi connectivity index (χ3n) is 3.09. The summed E-state index contributed by atoms with van der Waals surface area (Å²) in [7, 11) is 1.61. The highest BCUT2D eigenvalue weighted by molar-refractivity contribution is 5.75. The predicted octanol–water partition coefficient (Wildman–Crippen LogP) is 1.74. The average Bonchev–Trinajstić information content (AvgIpc) is 2.48. The van der Waals surface area contributed by atoms with Crippen LogP contribution in [0, 0.1) is 0 Å². The van der Waals surface area contributed by atoms with Crippen LogP contribution in [0.15, 0.2) is 24.3 Å². The molecule has 0 bridgehead atoms. The Kier molecular flexibility index (Phi) is 7.08. The highest BCUT2D eigenvalue weighted by atomic mass is 16.5. The van der Waals surface area contributed by atoms with Crippen molar-refractivity contribution in [2.45, 2.75) is 19.8 Å². The number of hydrogen-bond acceptors (Lipinski definition) is 3. The summed E-state index contributed by atoms with van der Waals surface area (Å²) in [5, 5.41) is 11.4. The van der Waals surface area contributed by atoms with Gasteiger partial charge in [-0.1, -0.05) is 12.1 Å². The summed E-state index contributed by atoms with van der Waals surface area (Å²) in [5.41, 5.74) is 1.07. The molecule has 0 radical (unpaired) electrons. The van der Waals surface area contributed by atoms with E-state index in [-0.39, 0.29) is 19.0 Å². The van der Waals surface area contributed by atoms with Crippen molar-refractivity contribution in [1.82, 2.24) is 10.2 Å². The Balaban J connectivity index is 2.39. The van der Waals surface area contributed by atoms with Crippen LogP contribution in [0.1, 0.15) is 18.9 Å². The number of methoxy groups -OCH3 is 1. The molecule has 6 heteroatoms. The summed E-state index contributed by atoms with van der Waals surface area (Å²) in [4.78, 5) is 23.9. The number of benzene rings is 1. The molecule has 0 unspecified atom stereocenters. The fourth-order valence-corrected chi connectivity index (χ4v) is 1.89. The molecule has 1 rings (SSSR count). The SMILES string of the molecule is CCN(CCC(=O)O)C(=O)NCCc1cccc(OC)c1. The van der Waals surface area contributed by atoms with Crippen LogP contribution in [0.3, 0.4) is 0 Å². The first-order valence-corrected chi connectivity index (χ1v) is 6.94. The van der Waals surface area contributed by atoms with E-state index in [4.69, 9.17) is 9.84 Å². The Morgan fingerprint density at radius 1 is 1.38 bits per heavy atom. The van der Waals surface area contributed by atoms with Crippen molar-refractivity contribution in [3.63, 3.8) is 0 Å². The quantitative estimate of drug-likeness (QED) is 0.765. The molecule has 0 saturated carbocycles. The van der Waals surface area contributed by atoms with Gasteiger partial charge in [-0.3, -0.25) is 4.79 Å². The molecule has 0 atom stereocenters. The largest absolute Gasteiger partial charge is 0.497 e. The van der Waals surface area contributed by atoms with E-state index < -0.39 is 5.97 Å². The van der Waals surface area contributed by atoms with Crippen LogP contribution < -0.4 is 10.1 Å². The summed E-state index contributed by atoms with van der Waals surface area (Å²) in [5.74, 6) is -0.117. The molecule has 116 valence electrons. The third-order valence-corrected chi connectivity index (χ3v) is 3.09. The van der Waals surface area contributed by atoms with Gasteiger partial charge in [0.1, 0.15) is 5.75 Å². The molecule has 0 aliphatic carbocycles. The Labute approximate surface area is 124 Å². The second-order valence-electron chi connectivity index (χ2n) is 4.56. The Hall–Kier alpha value is -2.24. The molecule has 1 aromatic rings. The van der Waals surface area contributed by atoms with Gasteiger partial charge in [-0.25, -0.2) is 4.79 Å². The molecular weight excluding hydrogens is 272 g/mol. The number of aliphatic carboxylic acids is 1. The molecule has 2 amide bonds. The fraction of sp³-hybridized carbons (Fsp3) is 0.467. The Bertz CT molecular complexity index is 476. The molecule has 2 N–H and O–H groups in total. The summed E-state index contributed by atoms with van der Waals surface area (Å²) in [6.07, 6.45) is 0.649. The van der Waals surface area contributed by atoms with Gasteiger partial charge in [0, 0.05) is 19.6 Å². The first-order valence-electron chi connectivity index (χ1n) is 6.94. The van der Waals surface area contributed by atoms with E-state index >= 15 is 0 Å². The minimum absolute atomic E-state index is 0.0445. The lowest BCUT2D eigenvalue weighted by Gasteiger charge is -2.20. The fourth-order valence-electron chi connectivity index (χ4n) is 1.89. The second kappa shape index (κ2) is 8.84. The number of carboxylic acids is 1. The lowest BCUT2D eigenvalue weighted by atomic mass is 10.1. The number of carboxylic acid groups (broad SMARTS) is 1. The van der Waals surface area contributed by atoms with Gasteiger partial charge in [0.25, 0.3) is 0 Å². The zero-order valence-corrected chi connectivity index (χ0v) is 12.5. The minimum Gasteiger partial charge on any atom is -0.497 e. The van der Waals surface area contributed by atoms with Gasteiger partial charge in [-0.2, -0.15) is 0 Å². The maximum atomic E-state index is 11.9. The number of nitrogens with one attached hydrogen (secondary N) is 1. The first-order chi connectivity index (χ1) is 10.1. The van der Waals surface area contributed by atoms with E-state index in [1.807, 2.05) is 31.2 Å². The van der Waals surface area contributed by atoms with Crippen molar-refractivity contribution in [2.75, 3.05) is 26.7 Å². The summed E-state index contributed by atoms with van der Waals surface area (Å²) in [6, 6.07) is 7.43. The highest BCUT2D eigenvalue weighted by Gasteiger charge is 2.12. The van der Waals surface area contributed by atoms with Gasteiger partial charge in [-0.05, 0) is 31.0 Å². The molecule has 6 nitrogen and oxygen atoms in total. The van der Waals surface area contributed by atoms with Gasteiger partial charge >= 0.3 is 12.0 Å². The number of nitrogens with zero attached hydrogens (tertiary/aromatic N) is 1. The molecular formula is C15H22N2O4. The molecule has 0 aliphatic heterocycles. The number of hydrogen-bond donors (Lipinski definition) is 2. The number of carbonyl (C=O) groups excluding carboxylic acids is 1. The van der Waals surface area contributed by atoms with Crippen LogP contribution in [0.2, 0.25) is 0 Å². The average molecular weight is 294 g/mol. The molecule has 0 saturated heterocycles. The summed E-state index contributed by atoms with van der Waals surface area (Å²) < 4.78 is 5.14. The van der Waals surface area contributed by atoms with Crippen molar-refractivity contribution in [1.29, 1.82) is 0 Å². The van der Waals surface area contributed by atoms with Crippen molar-refractivity contribution >= 4 is 12.0 Å². The summed E-state index contributed by atoms with van der Waals surface area (Å²) >= 11 is 0. The monoisotopic (exact) mass is 294 g/mol. The zero-order valence-electron chi connectivity index (χ0n) is 12.5. The van der Waals surface area contributed by atoms with E-state index in [0.29, 0.717) is 19.5 Å². The normalized spacial score (nSPS) is 10.0. The molecule has 1 aromatic carbocycles. The zero-order chi connectivity index (χ0) is 15.7. The second-order valence-corrected chi connectivity index (χ2v) is 4.56. The third kappa shape index (κ3) is 6.16. The molecule has 21 heavy (non-hydrogen) atoms. The van der Waals surface area contributed by atoms with E-state index in [1.165, 1.54) is 4.90 Å². The predicted molar refractivity (Wildman–Crippen MR) is 79.6 cm³/mol. The van der Waals surface area contributed by atoms with Gasteiger partial charge in [-0.15, -0.1) is 0 Å². The van der Waals surface area contributed by atoms with Crippen LogP contribution in [-0.2, 0) is 11.2 Å². The van der Waals surface area contributed by atoms with E-state index in [9.17, 15) is 9.59 Å². The Morgan fingerprint density at radius 2 is 2.14 bits per heavy atom. The standard InChI is InChI=1S/C15H22N2O4/c1-3-17(10-8-14(18)19)15(20)16-9-7-12-5-4-6-13(11-12)21-2/h4-6,11H,3,7-10H2,1-2H3,(H,16,20)(H,18,19). The molecule has 0 aliphatic rings. The number of urea groups is 1. The maximum absolute atomic E-state index is 11.9. The van der Waals surface area contributed by atoms with Crippen molar-refractivity contribution < 1.29 is 19.4 Å². The van der Waals surface area contributed by atoms with Crippen LogP contribution in [0.5, 0.6) is 5.75 Å². The molecule has 0 spiro atoms. The highest BCUT2D eigenvalue weighted by Crippen LogP contribution is 2.12. The number of ether oxygens (including phenoxy) is 1. The van der Waals surface area contributed by atoms with Crippen LogP contribution in [0.25, 0.3) is 0 Å². The van der Waals surface area contributed by atoms with Crippen LogP contribution >= 0.6 is 0 Å². The smallest absolute Gasteiger partial charge is 0.317 e. The molecule has 0 heterocycles. The lowest BCUT2D eigenvalue weighted by Crippen LogP contribution is -2.41. The van der Waals surface area contributed by atoms with Crippen LogP contribution in [-0.4, -0.2) is 48.8 Å². The van der Waals surface area contributed by atoms with Crippen molar-refractivity contribution in [3.8, 4) is 5.75 Å². The van der Waals surface area contributed by atoms with Gasteiger partial charge in [0.15, 0.2) is 0 Å².